The first-order valence-corrected chi connectivity index (χ1v) is 12.0. The third-order valence-electron chi connectivity index (χ3n) is 5.53. The first-order chi connectivity index (χ1) is 17.3. The van der Waals surface area contributed by atoms with Crippen LogP contribution in [0.1, 0.15) is 37.0 Å². The summed E-state index contributed by atoms with van der Waals surface area (Å²) in [6, 6.07) is 23.5. The van der Waals surface area contributed by atoms with E-state index < -0.39 is 24.0 Å². The van der Waals surface area contributed by atoms with Crippen molar-refractivity contribution in [1.82, 2.24) is 5.32 Å². The van der Waals surface area contributed by atoms with Gasteiger partial charge in [0.1, 0.15) is 25.4 Å². The van der Waals surface area contributed by atoms with Crippen LogP contribution in [0, 0.1) is 5.92 Å². The van der Waals surface area contributed by atoms with Crippen LogP contribution in [0.4, 0.5) is 0 Å². The lowest BCUT2D eigenvalue weighted by Crippen LogP contribution is -2.46. The SMILES string of the molecule is CC(C)C[C@@H](O)C(=O)N[C@@H](Cc1ccc(OCc2ccccc2)c(OCc2ccccc2)c1)C(=O)O. The van der Waals surface area contributed by atoms with Gasteiger partial charge in [-0.25, -0.2) is 4.79 Å². The zero-order chi connectivity index (χ0) is 25.9. The summed E-state index contributed by atoms with van der Waals surface area (Å²) in [7, 11) is 0. The molecule has 0 aliphatic carbocycles. The third kappa shape index (κ3) is 8.43. The molecule has 3 N–H and O–H groups in total. The summed E-state index contributed by atoms with van der Waals surface area (Å²) in [5.74, 6) is -0.776. The Morgan fingerprint density at radius 2 is 1.36 bits per heavy atom. The molecule has 36 heavy (non-hydrogen) atoms. The minimum atomic E-state index is -1.26. The van der Waals surface area contributed by atoms with E-state index in [-0.39, 0.29) is 18.8 Å². The Morgan fingerprint density at radius 3 is 1.89 bits per heavy atom. The third-order valence-corrected chi connectivity index (χ3v) is 5.53. The highest BCUT2D eigenvalue weighted by atomic mass is 16.5. The van der Waals surface area contributed by atoms with Crippen LogP contribution in [0.25, 0.3) is 0 Å². The number of hydrogen-bond donors (Lipinski definition) is 3. The predicted octanol–water partition coefficient (Wildman–Crippen LogP) is 4.36. The van der Waals surface area contributed by atoms with E-state index in [1.54, 1.807) is 18.2 Å². The maximum absolute atomic E-state index is 12.3. The fourth-order valence-corrected chi connectivity index (χ4v) is 3.64. The molecule has 3 aromatic carbocycles. The maximum Gasteiger partial charge on any atom is 0.326 e. The lowest BCUT2D eigenvalue weighted by Gasteiger charge is -2.19. The Bertz CT molecular complexity index is 1120. The molecule has 1 amide bonds. The highest BCUT2D eigenvalue weighted by molar-refractivity contribution is 5.86. The normalized spacial score (nSPS) is 12.6. The highest BCUT2D eigenvalue weighted by Crippen LogP contribution is 2.30. The van der Waals surface area contributed by atoms with Crippen LogP contribution in [0.15, 0.2) is 78.9 Å². The van der Waals surface area contributed by atoms with E-state index in [2.05, 4.69) is 5.32 Å². The van der Waals surface area contributed by atoms with Crippen LogP contribution in [-0.4, -0.2) is 34.2 Å². The summed E-state index contributed by atoms with van der Waals surface area (Å²) in [6.45, 7) is 4.42. The molecule has 3 rings (SSSR count). The largest absolute Gasteiger partial charge is 0.485 e. The van der Waals surface area contributed by atoms with Crippen LogP contribution in [0.2, 0.25) is 0 Å². The number of carbonyl (C=O) groups is 2. The first kappa shape index (κ1) is 26.8. The lowest BCUT2D eigenvalue weighted by molar-refractivity contribution is -0.143. The Balaban J connectivity index is 1.76. The van der Waals surface area contributed by atoms with Crippen molar-refractivity contribution in [3.05, 3.63) is 95.6 Å². The number of carbonyl (C=O) groups excluding carboxylic acids is 1. The number of aliphatic hydroxyl groups is 1. The van der Waals surface area contributed by atoms with E-state index in [0.717, 1.165) is 11.1 Å². The molecule has 7 heteroatoms. The van der Waals surface area contributed by atoms with E-state index in [0.29, 0.717) is 30.3 Å². The van der Waals surface area contributed by atoms with Crippen molar-refractivity contribution < 1.29 is 29.3 Å². The van der Waals surface area contributed by atoms with Crippen LogP contribution in [-0.2, 0) is 29.2 Å². The monoisotopic (exact) mass is 491 g/mol. The van der Waals surface area contributed by atoms with Gasteiger partial charge in [0.05, 0.1) is 0 Å². The summed E-state index contributed by atoms with van der Waals surface area (Å²) < 4.78 is 12.1. The molecule has 7 nitrogen and oxygen atoms in total. The molecule has 0 fully saturated rings. The fraction of sp³-hybridized carbons (Fsp3) is 0.310. The Morgan fingerprint density at radius 1 is 0.806 bits per heavy atom. The van der Waals surface area contributed by atoms with Crippen molar-refractivity contribution in [1.29, 1.82) is 0 Å². The Kier molecular flexibility index (Phi) is 9.89. The zero-order valence-electron chi connectivity index (χ0n) is 20.6. The van der Waals surface area contributed by atoms with Gasteiger partial charge in [-0.3, -0.25) is 4.79 Å². The molecule has 2 atom stereocenters. The average Bonchev–Trinajstić information content (AvgIpc) is 2.87. The van der Waals surface area contributed by atoms with Gasteiger partial charge >= 0.3 is 5.97 Å². The number of ether oxygens (including phenoxy) is 2. The molecule has 190 valence electrons. The molecule has 0 saturated heterocycles. The minimum Gasteiger partial charge on any atom is -0.485 e. The second-order valence-corrected chi connectivity index (χ2v) is 9.08. The molecule has 3 aromatic rings. The number of carboxylic acids is 1. The topological polar surface area (TPSA) is 105 Å². The van der Waals surface area contributed by atoms with Gasteiger partial charge in [0, 0.05) is 6.42 Å². The smallest absolute Gasteiger partial charge is 0.326 e. The van der Waals surface area contributed by atoms with Gasteiger partial charge in [0.25, 0.3) is 0 Å². The summed E-state index contributed by atoms with van der Waals surface area (Å²) >= 11 is 0. The Hall–Kier alpha value is -3.84. The van der Waals surface area contributed by atoms with Crippen molar-refractivity contribution in [3.8, 4) is 11.5 Å². The molecule has 0 aliphatic rings. The molecule has 0 radical (unpaired) electrons. The van der Waals surface area contributed by atoms with Crippen molar-refractivity contribution in [3.63, 3.8) is 0 Å². The van der Waals surface area contributed by atoms with Crippen molar-refractivity contribution in [2.45, 2.75) is 52.0 Å². The van der Waals surface area contributed by atoms with Crippen LogP contribution in [0.3, 0.4) is 0 Å². The Labute approximate surface area is 211 Å². The molecule has 0 saturated carbocycles. The fourth-order valence-electron chi connectivity index (χ4n) is 3.64. The van der Waals surface area contributed by atoms with Crippen LogP contribution in [0.5, 0.6) is 11.5 Å². The van der Waals surface area contributed by atoms with Gasteiger partial charge < -0.3 is 25.0 Å². The van der Waals surface area contributed by atoms with Gasteiger partial charge in [-0.05, 0) is 41.2 Å². The molecule has 0 bridgehead atoms. The number of nitrogens with one attached hydrogen (secondary N) is 1. The van der Waals surface area contributed by atoms with E-state index in [1.165, 1.54) is 0 Å². The van der Waals surface area contributed by atoms with Gasteiger partial charge in [-0.1, -0.05) is 80.6 Å². The van der Waals surface area contributed by atoms with Gasteiger partial charge in [0.15, 0.2) is 11.5 Å². The standard InChI is InChI=1S/C29H33NO6/c1-20(2)15-25(31)28(32)30-24(29(33)34)16-23-13-14-26(35-18-21-9-5-3-6-10-21)27(17-23)36-19-22-11-7-4-8-12-22/h3-14,17,20,24-25,31H,15-16,18-19H2,1-2H3,(H,30,32)(H,33,34)/t24-,25+/m0/s1. The number of aliphatic carboxylic acids is 1. The van der Waals surface area contributed by atoms with Gasteiger partial charge in [-0.15, -0.1) is 0 Å². The lowest BCUT2D eigenvalue weighted by atomic mass is 10.0. The summed E-state index contributed by atoms with van der Waals surface area (Å²) in [6.07, 6.45) is -0.982. The highest BCUT2D eigenvalue weighted by Gasteiger charge is 2.25. The summed E-state index contributed by atoms with van der Waals surface area (Å²) in [5, 5.41) is 22.2. The molecule has 0 aromatic heterocycles. The number of amides is 1. The second-order valence-electron chi connectivity index (χ2n) is 9.08. The average molecular weight is 492 g/mol. The predicted molar refractivity (Wildman–Crippen MR) is 137 cm³/mol. The zero-order valence-corrected chi connectivity index (χ0v) is 20.6. The number of hydrogen-bond acceptors (Lipinski definition) is 5. The van der Waals surface area contributed by atoms with Crippen LogP contribution < -0.4 is 14.8 Å². The molecule has 0 heterocycles. The molecular weight excluding hydrogens is 458 g/mol. The summed E-state index contributed by atoms with van der Waals surface area (Å²) in [5.41, 5.74) is 2.63. The molecular formula is C29H33NO6. The van der Waals surface area contributed by atoms with E-state index in [9.17, 15) is 19.8 Å². The quantitative estimate of drug-likeness (QED) is 0.328. The van der Waals surface area contributed by atoms with Crippen LogP contribution >= 0.6 is 0 Å². The second kappa shape index (κ2) is 13.3. The number of rotatable bonds is 13. The number of benzene rings is 3. The number of aliphatic hydroxyl groups excluding tert-OH is 1. The molecule has 0 aliphatic heterocycles. The van der Waals surface area contributed by atoms with E-state index in [1.807, 2.05) is 74.5 Å². The van der Waals surface area contributed by atoms with E-state index in [4.69, 9.17) is 9.47 Å². The van der Waals surface area contributed by atoms with Gasteiger partial charge in [-0.2, -0.15) is 0 Å². The molecule has 0 unspecified atom stereocenters. The maximum atomic E-state index is 12.3. The van der Waals surface area contributed by atoms with Crippen molar-refractivity contribution in [2.75, 3.05) is 0 Å². The minimum absolute atomic E-state index is 0.0239. The summed E-state index contributed by atoms with van der Waals surface area (Å²) in [4.78, 5) is 24.2. The first-order valence-electron chi connectivity index (χ1n) is 12.0. The molecule has 0 spiro atoms. The van der Waals surface area contributed by atoms with Gasteiger partial charge in [0.2, 0.25) is 5.91 Å². The number of carboxylic acid groups (broad SMARTS) is 1. The van der Waals surface area contributed by atoms with E-state index >= 15 is 0 Å². The van der Waals surface area contributed by atoms with Crippen molar-refractivity contribution >= 4 is 11.9 Å². The van der Waals surface area contributed by atoms with Crippen molar-refractivity contribution in [2.24, 2.45) is 5.92 Å².